The molecule has 3 rings (SSSR count). The SMILES string of the molecule is Cc1ccnc(C(C)(c2ccccc2)c2cc(C)ccn2)c1. The van der Waals surface area contributed by atoms with E-state index in [9.17, 15) is 0 Å². The minimum absolute atomic E-state index is 0.362. The standard InChI is InChI=1S/C20H20N2/c1-15-9-11-21-18(13-15)20(3,17-7-5-4-6-8-17)19-14-16(2)10-12-22-19/h4-14H,1-3H3. The van der Waals surface area contributed by atoms with Crippen LogP contribution in [0.3, 0.4) is 0 Å². The van der Waals surface area contributed by atoms with Gasteiger partial charge in [-0.25, -0.2) is 0 Å². The van der Waals surface area contributed by atoms with Crippen molar-refractivity contribution in [3.8, 4) is 0 Å². The topological polar surface area (TPSA) is 25.8 Å². The molecule has 1 aromatic carbocycles. The Morgan fingerprint density at radius 2 is 1.23 bits per heavy atom. The first kappa shape index (κ1) is 14.5. The molecule has 0 saturated carbocycles. The molecule has 0 spiro atoms. The highest BCUT2D eigenvalue weighted by atomic mass is 14.8. The molecule has 110 valence electrons. The number of aromatic nitrogens is 2. The third kappa shape index (κ3) is 2.52. The lowest BCUT2D eigenvalue weighted by Crippen LogP contribution is -2.28. The van der Waals surface area contributed by atoms with Crippen LogP contribution in [-0.2, 0) is 5.41 Å². The summed E-state index contributed by atoms with van der Waals surface area (Å²) in [5, 5.41) is 0. The van der Waals surface area contributed by atoms with Crippen molar-refractivity contribution < 1.29 is 0 Å². The van der Waals surface area contributed by atoms with E-state index < -0.39 is 0 Å². The number of aryl methyl sites for hydroxylation is 2. The predicted octanol–water partition coefficient (Wildman–Crippen LogP) is 4.45. The second-order valence-corrected chi connectivity index (χ2v) is 5.93. The van der Waals surface area contributed by atoms with Gasteiger partial charge >= 0.3 is 0 Å². The van der Waals surface area contributed by atoms with Gasteiger partial charge in [-0.3, -0.25) is 9.97 Å². The maximum atomic E-state index is 4.65. The van der Waals surface area contributed by atoms with Gasteiger partial charge in [-0.15, -0.1) is 0 Å². The summed E-state index contributed by atoms with van der Waals surface area (Å²) in [5.74, 6) is 0. The molecule has 0 fully saturated rings. The number of nitrogens with zero attached hydrogens (tertiary/aromatic N) is 2. The van der Waals surface area contributed by atoms with E-state index in [0.717, 1.165) is 11.4 Å². The number of hydrogen-bond donors (Lipinski definition) is 0. The molecule has 2 heterocycles. The van der Waals surface area contributed by atoms with E-state index in [1.807, 2.05) is 30.6 Å². The quantitative estimate of drug-likeness (QED) is 0.711. The Morgan fingerprint density at radius 1 is 0.727 bits per heavy atom. The summed E-state index contributed by atoms with van der Waals surface area (Å²) in [5.41, 5.74) is 5.30. The molecule has 0 amide bonds. The summed E-state index contributed by atoms with van der Waals surface area (Å²) >= 11 is 0. The van der Waals surface area contributed by atoms with E-state index in [2.05, 4.69) is 67.1 Å². The van der Waals surface area contributed by atoms with Crippen LogP contribution >= 0.6 is 0 Å². The summed E-state index contributed by atoms with van der Waals surface area (Å²) in [7, 11) is 0. The summed E-state index contributed by atoms with van der Waals surface area (Å²) in [6.07, 6.45) is 3.75. The monoisotopic (exact) mass is 288 g/mol. The molecular weight excluding hydrogens is 268 g/mol. The van der Waals surface area contributed by atoms with Gasteiger partial charge in [0.25, 0.3) is 0 Å². The largest absolute Gasteiger partial charge is 0.260 e. The molecular formula is C20H20N2. The van der Waals surface area contributed by atoms with Crippen molar-refractivity contribution in [2.24, 2.45) is 0 Å². The fourth-order valence-electron chi connectivity index (χ4n) is 2.82. The highest BCUT2D eigenvalue weighted by Crippen LogP contribution is 2.36. The van der Waals surface area contributed by atoms with Crippen molar-refractivity contribution in [3.05, 3.63) is 95.1 Å². The van der Waals surface area contributed by atoms with E-state index in [1.54, 1.807) is 0 Å². The van der Waals surface area contributed by atoms with Gasteiger partial charge in [0.15, 0.2) is 0 Å². The second-order valence-electron chi connectivity index (χ2n) is 5.93. The molecule has 2 nitrogen and oxygen atoms in total. The molecule has 0 radical (unpaired) electrons. The molecule has 0 aliphatic heterocycles. The Labute approximate surface area is 131 Å². The van der Waals surface area contributed by atoms with Crippen LogP contribution in [0.2, 0.25) is 0 Å². The first-order valence-corrected chi connectivity index (χ1v) is 7.52. The third-order valence-corrected chi connectivity index (χ3v) is 4.21. The summed E-state index contributed by atoms with van der Waals surface area (Å²) in [6.45, 7) is 6.40. The molecule has 0 N–H and O–H groups in total. The van der Waals surface area contributed by atoms with Gasteiger partial charge in [-0.05, 0) is 61.7 Å². The molecule has 22 heavy (non-hydrogen) atoms. The summed E-state index contributed by atoms with van der Waals surface area (Å²) in [4.78, 5) is 9.31. The zero-order valence-corrected chi connectivity index (χ0v) is 13.2. The van der Waals surface area contributed by atoms with Crippen LogP contribution in [-0.4, -0.2) is 9.97 Å². The lowest BCUT2D eigenvalue weighted by atomic mass is 9.75. The van der Waals surface area contributed by atoms with E-state index in [-0.39, 0.29) is 5.41 Å². The summed E-state index contributed by atoms with van der Waals surface area (Å²) in [6, 6.07) is 18.8. The smallest absolute Gasteiger partial charge is 0.0768 e. The second kappa shape index (κ2) is 5.72. The molecule has 0 aliphatic carbocycles. The minimum atomic E-state index is -0.362. The average molecular weight is 288 g/mol. The predicted molar refractivity (Wildman–Crippen MR) is 89.9 cm³/mol. The number of pyridine rings is 2. The molecule has 0 aliphatic rings. The van der Waals surface area contributed by atoms with Gasteiger partial charge in [0.1, 0.15) is 0 Å². The van der Waals surface area contributed by atoms with Crippen LogP contribution in [0, 0.1) is 13.8 Å². The first-order chi connectivity index (χ1) is 10.6. The summed E-state index contributed by atoms with van der Waals surface area (Å²) < 4.78 is 0. The fourth-order valence-corrected chi connectivity index (χ4v) is 2.82. The Hall–Kier alpha value is -2.48. The van der Waals surface area contributed by atoms with Gasteiger partial charge < -0.3 is 0 Å². The lowest BCUT2D eigenvalue weighted by molar-refractivity contribution is 0.639. The van der Waals surface area contributed by atoms with Gasteiger partial charge in [0.2, 0.25) is 0 Å². The Balaban J connectivity index is 2.27. The van der Waals surface area contributed by atoms with Crippen molar-refractivity contribution in [3.63, 3.8) is 0 Å². The van der Waals surface area contributed by atoms with Crippen LogP contribution in [0.1, 0.15) is 35.0 Å². The van der Waals surface area contributed by atoms with Crippen molar-refractivity contribution in [1.82, 2.24) is 9.97 Å². The molecule has 0 bridgehead atoms. The van der Waals surface area contributed by atoms with Crippen molar-refractivity contribution in [1.29, 1.82) is 0 Å². The third-order valence-electron chi connectivity index (χ3n) is 4.21. The van der Waals surface area contributed by atoms with Crippen molar-refractivity contribution in [2.75, 3.05) is 0 Å². The van der Waals surface area contributed by atoms with E-state index in [1.165, 1.54) is 16.7 Å². The molecule has 2 heteroatoms. The van der Waals surface area contributed by atoms with Crippen LogP contribution < -0.4 is 0 Å². The zero-order valence-electron chi connectivity index (χ0n) is 13.2. The van der Waals surface area contributed by atoms with Crippen LogP contribution in [0.4, 0.5) is 0 Å². The molecule has 0 unspecified atom stereocenters. The number of benzene rings is 1. The minimum Gasteiger partial charge on any atom is -0.260 e. The van der Waals surface area contributed by atoms with Gasteiger partial charge in [-0.2, -0.15) is 0 Å². The maximum Gasteiger partial charge on any atom is 0.0768 e. The average Bonchev–Trinajstić information content (AvgIpc) is 2.55. The van der Waals surface area contributed by atoms with Gasteiger partial charge in [-0.1, -0.05) is 30.3 Å². The van der Waals surface area contributed by atoms with Gasteiger partial charge in [0.05, 0.1) is 16.8 Å². The normalized spacial score (nSPS) is 11.4. The van der Waals surface area contributed by atoms with Gasteiger partial charge in [0, 0.05) is 12.4 Å². The Morgan fingerprint density at radius 3 is 1.68 bits per heavy atom. The van der Waals surface area contributed by atoms with E-state index >= 15 is 0 Å². The lowest BCUT2D eigenvalue weighted by Gasteiger charge is -2.30. The highest BCUT2D eigenvalue weighted by Gasteiger charge is 2.34. The molecule has 2 aromatic heterocycles. The first-order valence-electron chi connectivity index (χ1n) is 7.52. The van der Waals surface area contributed by atoms with Crippen LogP contribution in [0.15, 0.2) is 67.0 Å². The molecule has 0 atom stereocenters. The molecule has 0 saturated heterocycles. The number of rotatable bonds is 3. The maximum absolute atomic E-state index is 4.65. The zero-order chi connectivity index (χ0) is 15.6. The van der Waals surface area contributed by atoms with E-state index in [0.29, 0.717) is 0 Å². The van der Waals surface area contributed by atoms with Crippen molar-refractivity contribution >= 4 is 0 Å². The number of hydrogen-bond acceptors (Lipinski definition) is 2. The van der Waals surface area contributed by atoms with Crippen molar-refractivity contribution in [2.45, 2.75) is 26.2 Å². The van der Waals surface area contributed by atoms with E-state index in [4.69, 9.17) is 0 Å². The molecule has 3 aromatic rings. The Bertz CT molecular complexity index is 733. The Kier molecular flexibility index (Phi) is 3.76. The van der Waals surface area contributed by atoms with Crippen LogP contribution in [0.25, 0.3) is 0 Å². The fraction of sp³-hybridized carbons (Fsp3) is 0.200. The van der Waals surface area contributed by atoms with Crippen LogP contribution in [0.5, 0.6) is 0 Å². The highest BCUT2D eigenvalue weighted by molar-refractivity contribution is 5.45.